The second-order valence-electron chi connectivity index (χ2n) is 7.81. The molecule has 5 rings (SSSR count). The van der Waals surface area contributed by atoms with Crippen LogP contribution in [0.4, 0.5) is 11.4 Å². The molecule has 2 aliphatic rings. The van der Waals surface area contributed by atoms with Crippen molar-refractivity contribution in [2.24, 2.45) is 5.92 Å². The van der Waals surface area contributed by atoms with E-state index in [4.69, 9.17) is 0 Å². The lowest BCUT2D eigenvalue weighted by Crippen LogP contribution is -2.29. The molecule has 0 radical (unpaired) electrons. The number of nitro groups is 1. The molecule has 5 heteroatoms. The molecule has 1 N–H and O–H groups in total. The Morgan fingerprint density at radius 2 is 1.80 bits per heavy atom. The van der Waals surface area contributed by atoms with Gasteiger partial charge in [-0.2, -0.15) is 0 Å². The molecule has 4 nitrogen and oxygen atoms in total. The largest absolute Gasteiger partial charge is 0.377 e. The molecule has 1 aliphatic carbocycles. The predicted molar refractivity (Wildman–Crippen MR) is 122 cm³/mol. The molecule has 150 valence electrons. The maximum atomic E-state index is 11.6. The third-order valence-corrected chi connectivity index (χ3v) is 7.13. The van der Waals surface area contributed by atoms with Gasteiger partial charge in [0.1, 0.15) is 0 Å². The lowest BCUT2D eigenvalue weighted by atomic mass is 9.76. The van der Waals surface area contributed by atoms with Crippen molar-refractivity contribution in [1.29, 1.82) is 0 Å². The molecule has 3 atom stereocenters. The molecule has 3 aromatic rings. The summed E-state index contributed by atoms with van der Waals surface area (Å²) >= 11 is 1.84. The lowest BCUT2D eigenvalue weighted by Gasteiger charge is -2.37. The van der Waals surface area contributed by atoms with E-state index in [1.807, 2.05) is 30.0 Å². The average molecular weight is 415 g/mol. The summed E-state index contributed by atoms with van der Waals surface area (Å²) in [6, 6.07) is 24.1. The minimum atomic E-state index is -0.270. The first-order valence-electron chi connectivity index (χ1n) is 10.2. The van der Waals surface area contributed by atoms with Gasteiger partial charge >= 0.3 is 0 Å². The minimum absolute atomic E-state index is 0.0661. The van der Waals surface area contributed by atoms with E-state index in [9.17, 15) is 10.1 Å². The van der Waals surface area contributed by atoms with Crippen LogP contribution < -0.4 is 5.32 Å². The van der Waals surface area contributed by atoms with Crippen molar-refractivity contribution in [3.05, 3.63) is 112 Å². The first-order chi connectivity index (χ1) is 14.7. The average Bonchev–Trinajstić information content (AvgIpc) is 3.28. The standard InChI is InChI=1S/C25H22N2O2S/c28-27(29)24-12-5-4-9-21(24)25-20-11-6-10-19(20)22-15-17(13-14-23(22)26-25)16-30-18-7-2-1-3-8-18/h1-10,12-15,19-20,25-26H,11,16H2/t19-,20+,25-/m1/s1. The molecular weight excluding hydrogens is 392 g/mol. The molecule has 0 aromatic heterocycles. The summed E-state index contributed by atoms with van der Waals surface area (Å²) in [6.07, 6.45) is 5.43. The highest BCUT2D eigenvalue weighted by molar-refractivity contribution is 7.98. The molecule has 0 bridgehead atoms. The van der Waals surface area contributed by atoms with Crippen molar-refractivity contribution in [3.8, 4) is 0 Å². The van der Waals surface area contributed by atoms with E-state index in [-0.39, 0.29) is 28.5 Å². The minimum Gasteiger partial charge on any atom is -0.377 e. The van der Waals surface area contributed by atoms with Crippen molar-refractivity contribution < 1.29 is 4.92 Å². The molecule has 0 saturated heterocycles. The van der Waals surface area contributed by atoms with Gasteiger partial charge in [-0.15, -0.1) is 11.8 Å². The number of fused-ring (bicyclic) bond motifs is 3. The number of hydrogen-bond donors (Lipinski definition) is 1. The van der Waals surface area contributed by atoms with Crippen molar-refractivity contribution in [2.75, 3.05) is 5.32 Å². The summed E-state index contributed by atoms with van der Waals surface area (Å²) in [7, 11) is 0. The van der Waals surface area contributed by atoms with E-state index >= 15 is 0 Å². The first kappa shape index (κ1) is 18.9. The van der Waals surface area contributed by atoms with Crippen LogP contribution in [-0.4, -0.2) is 4.92 Å². The smallest absolute Gasteiger partial charge is 0.274 e. The fourth-order valence-electron chi connectivity index (χ4n) is 4.64. The van der Waals surface area contributed by atoms with Gasteiger partial charge in [0.2, 0.25) is 0 Å². The van der Waals surface area contributed by atoms with E-state index < -0.39 is 0 Å². The van der Waals surface area contributed by atoms with E-state index in [0.717, 1.165) is 23.4 Å². The lowest BCUT2D eigenvalue weighted by molar-refractivity contribution is -0.385. The van der Waals surface area contributed by atoms with Crippen molar-refractivity contribution in [1.82, 2.24) is 0 Å². The zero-order valence-corrected chi connectivity index (χ0v) is 17.2. The van der Waals surface area contributed by atoms with Gasteiger partial charge in [0.25, 0.3) is 5.69 Å². The highest BCUT2D eigenvalue weighted by atomic mass is 32.2. The number of para-hydroxylation sites is 1. The fraction of sp³-hybridized carbons (Fsp3) is 0.200. The highest BCUT2D eigenvalue weighted by Gasteiger charge is 2.40. The second-order valence-corrected chi connectivity index (χ2v) is 8.86. The third-order valence-electron chi connectivity index (χ3n) is 6.04. The van der Waals surface area contributed by atoms with Crippen LogP contribution in [0.15, 0.2) is 89.8 Å². The van der Waals surface area contributed by atoms with Crippen LogP contribution in [0.5, 0.6) is 0 Å². The first-order valence-corrected chi connectivity index (χ1v) is 11.2. The number of rotatable bonds is 5. The number of nitrogens with zero attached hydrogens (tertiary/aromatic N) is 1. The Balaban J connectivity index is 1.45. The van der Waals surface area contributed by atoms with E-state index in [1.165, 1.54) is 16.0 Å². The Kier molecular flexibility index (Phi) is 5.05. The summed E-state index contributed by atoms with van der Waals surface area (Å²) in [5, 5.41) is 15.2. The maximum absolute atomic E-state index is 11.6. The van der Waals surface area contributed by atoms with Crippen LogP contribution in [0, 0.1) is 16.0 Å². The molecule has 1 heterocycles. The molecule has 0 fully saturated rings. The quantitative estimate of drug-likeness (QED) is 0.218. The van der Waals surface area contributed by atoms with Gasteiger partial charge in [0.15, 0.2) is 0 Å². The number of anilines is 1. The van der Waals surface area contributed by atoms with Gasteiger partial charge in [-0.25, -0.2) is 0 Å². The Morgan fingerprint density at radius 3 is 2.63 bits per heavy atom. The zero-order valence-electron chi connectivity index (χ0n) is 16.4. The summed E-state index contributed by atoms with van der Waals surface area (Å²) in [4.78, 5) is 12.6. The predicted octanol–water partition coefficient (Wildman–Crippen LogP) is 6.71. The maximum Gasteiger partial charge on any atom is 0.274 e. The van der Waals surface area contributed by atoms with Gasteiger partial charge in [-0.1, -0.05) is 60.7 Å². The molecule has 0 unspecified atom stereocenters. The Morgan fingerprint density at radius 1 is 1.00 bits per heavy atom. The van der Waals surface area contributed by atoms with Crippen LogP contribution in [-0.2, 0) is 5.75 Å². The summed E-state index contributed by atoms with van der Waals surface area (Å²) < 4.78 is 0. The fourth-order valence-corrected chi connectivity index (χ4v) is 5.50. The SMILES string of the molecule is O=[N+]([O-])c1ccccc1[C@@H]1Nc2ccc(CSc3ccccc3)cc2[C@@H]2C=CC[C@@H]21. The van der Waals surface area contributed by atoms with E-state index in [1.54, 1.807) is 12.1 Å². The van der Waals surface area contributed by atoms with E-state index in [0.29, 0.717) is 0 Å². The summed E-state index contributed by atoms with van der Waals surface area (Å²) in [5.74, 6) is 1.50. The zero-order chi connectivity index (χ0) is 20.5. The van der Waals surface area contributed by atoms with Gasteiger partial charge in [0.05, 0.1) is 16.5 Å². The molecule has 0 amide bonds. The molecule has 0 spiro atoms. The van der Waals surface area contributed by atoms with Crippen molar-refractivity contribution in [3.63, 3.8) is 0 Å². The molecule has 1 aliphatic heterocycles. The molecule has 3 aromatic carbocycles. The monoisotopic (exact) mass is 414 g/mol. The van der Waals surface area contributed by atoms with Gasteiger partial charge < -0.3 is 5.32 Å². The summed E-state index contributed by atoms with van der Waals surface area (Å²) in [5.41, 5.74) is 4.65. The van der Waals surface area contributed by atoms with Gasteiger partial charge in [0, 0.05) is 28.3 Å². The Bertz CT molecular complexity index is 1110. The normalized spacial score (nSPS) is 21.5. The Labute approximate surface area is 180 Å². The molecular formula is C25H22N2O2S. The Hall–Kier alpha value is -3.05. The number of allylic oxidation sites excluding steroid dienone is 2. The molecule has 30 heavy (non-hydrogen) atoms. The van der Waals surface area contributed by atoms with Gasteiger partial charge in [-0.3, -0.25) is 10.1 Å². The number of nitrogens with one attached hydrogen (secondary N) is 1. The van der Waals surface area contributed by atoms with Crippen LogP contribution in [0.2, 0.25) is 0 Å². The molecule has 0 saturated carbocycles. The van der Waals surface area contributed by atoms with Crippen LogP contribution in [0.3, 0.4) is 0 Å². The summed E-state index contributed by atoms with van der Waals surface area (Å²) in [6.45, 7) is 0. The second kappa shape index (κ2) is 8.00. The topological polar surface area (TPSA) is 55.2 Å². The van der Waals surface area contributed by atoms with Crippen LogP contribution in [0.1, 0.15) is 35.1 Å². The van der Waals surface area contributed by atoms with Crippen molar-refractivity contribution >= 4 is 23.1 Å². The van der Waals surface area contributed by atoms with Crippen molar-refractivity contribution in [2.45, 2.75) is 29.0 Å². The third kappa shape index (κ3) is 3.50. The number of hydrogen-bond acceptors (Lipinski definition) is 4. The number of benzene rings is 3. The van der Waals surface area contributed by atoms with Gasteiger partial charge in [-0.05, 0) is 41.7 Å². The number of thioether (sulfide) groups is 1. The van der Waals surface area contributed by atoms with Crippen LogP contribution >= 0.6 is 11.8 Å². The van der Waals surface area contributed by atoms with Crippen LogP contribution in [0.25, 0.3) is 0 Å². The number of nitro benzene ring substituents is 1. The highest BCUT2D eigenvalue weighted by Crippen LogP contribution is 2.51. The van der Waals surface area contributed by atoms with E-state index in [2.05, 4.69) is 59.9 Å².